The number of aromatic nitrogens is 2. The number of carbonyl (C=O) groups is 1. The summed E-state index contributed by atoms with van der Waals surface area (Å²) in [4.78, 5) is 11.9. The van der Waals surface area contributed by atoms with Crippen molar-refractivity contribution >= 4 is 5.91 Å². The fraction of sp³-hybridized carbons (Fsp3) is 0.158. The zero-order valence-electron chi connectivity index (χ0n) is 14.1. The van der Waals surface area contributed by atoms with E-state index in [1.54, 1.807) is 44.3 Å². The maximum atomic E-state index is 13.5. The van der Waals surface area contributed by atoms with Gasteiger partial charge < -0.3 is 5.73 Å². The number of benzene rings is 2. The second-order valence-electron chi connectivity index (χ2n) is 5.89. The van der Waals surface area contributed by atoms with Crippen molar-refractivity contribution in [2.75, 3.05) is 0 Å². The van der Waals surface area contributed by atoms with Crippen molar-refractivity contribution in [3.05, 3.63) is 65.4 Å². The molecular formula is C19H16F3N3O. The third kappa shape index (κ3) is 2.96. The average molecular weight is 359 g/mol. The third-order valence-electron chi connectivity index (χ3n) is 4.17. The minimum Gasteiger partial charge on any atom is -0.365 e. The number of rotatable bonds is 3. The first-order valence-corrected chi connectivity index (χ1v) is 7.81. The topological polar surface area (TPSA) is 60.9 Å². The van der Waals surface area contributed by atoms with Crippen molar-refractivity contribution in [3.8, 4) is 22.4 Å². The van der Waals surface area contributed by atoms with E-state index >= 15 is 0 Å². The quantitative estimate of drug-likeness (QED) is 0.763. The molecule has 0 aliphatic carbocycles. The van der Waals surface area contributed by atoms with E-state index in [9.17, 15) is 18.0 Å². The van der Waals surface area contributed by atoms with Gasteiger partial charge in [-0.05, 0) is 24.1 Å². The molecule has 2 aromatic carbocycles. The van der Waals surface area contributed by atoms with E-state index < -0.39 is 17.6 Å². The van der Waals surface area contributed by atoms with Crippen molar-refractivity contribution < 1.29 is 18.0 Å². The Morgan fingerprint density at radius 3 is 2.12 bits per heavy atom. The van der Waals surface area contributed by atoms with Gasteiger partial charge in [0.1, 0.15) is 0 Å². The van der Waals surface area contributed by atoms with Crippen LogP contribution in [0.3, 0.4) is 0 Å². The molecule has 3 aromatic rings. The number of aryl methyl sites for hydroxylation is 2. The highest BCUT2D eigenvalue weighted by Gasteiger charge is 2.34. The van der Waals surface area contributed by atoms with Crippen LogP contribution >= 0.6 is 0 Å². The molecule has 26 heavy (non-hydrogen) atoms. The van der Waals surface area contributed by atoms with Crippen LogP contribution < -0.4 is 5.73 Å². The molecule has 0 radical (unpaired) electrons. The predicted octanol–water partition coefficient (Wildman–Crippen LogP) is 4.18. The molecule has 1 amide bonds. The summed E-state index contributed by atoms with van der Waals surface area (Å²) in [6.45, 7) is 1.63. The lowest BCUT2D eigenvalue weighted by Crippen LogP contribution is -2.13. The maximum absolute atomic E-state index is 13.5. The number of hydrogen-bond donors (Lipinski definition) is 1. The molecule has 0 atom stereocenters. The molecule has 4 nitrogen and oxygen atoms in total. The highest BCUT2D eigenvalue weighted by Crippen LogP contribution is 2.41. The zero-order valence-corrected chi connectivity index (χ0v) is 14.1. The third-order valence-corrected chi connectivity index (χ3v) is 4.17. The largest absolute Gasteiger partial charge is 0.417 e. The summed E-state index contributed by atoms with van der Waals surface area (Å²) < 4.78 is 41.9. The summed E-state index contributed by atoms with van der Waals surface area (Å²) in [7, 11) is 1.63. The first-order chi connectivity index (χ1) is 12.2. The summed E-state index contributed by atoms with van der Waals surface area (Å²) >= 11 is 0. The van der Waals surface area contributed by atoms with Crippen LogP contribution in [0.5, 0.6) is 0 Å². The van der Waals surface area contributed by atoms with E-state index in [4.69, 9.17) is 5.73 Å². The molecule has 0 bridgehead atoms. The lowest BCUT2D eigenvalue weighted by molar-refractivity contribution is -0.137. The van der Waals surface area contributed by atoms with Crippen molar-refractivity contribution in [2.45, 2.75) is 13.1 Å². The van der Waals surface area contributed by atoms with Gasteiger partial charge in [-0.1, -0.05) is 42.5 Å². The molecule has 0 saturated carbocycles. The highest BCUT2D eigenvalue weighted by molar-refractivity contribution is 6.02. The summed E-state index contributed by atoms with van der Waals surface area (Å²) in [5.74, 6) is -0.676. The lowest BCUT2D eigenvalue weighted by Gasteiger charge is -2.16. The number of carbonyl (C=O) groups excluding carboxylic acids is 1. The standard InChI is InChI=1S/C19H16F3N3O/c1-11-16(18(23)26)17(25(2)24-11)14-9-4-3-7-12(14)13-8-5-6-10-15(13)19(20,21)22/h3-10H,1-2H3,(H2,23,26). The van der Waals surface area contributed by atoms with Crippen LogP contribution in [0.1, 0.15) is 21.6 Å². The minimum absolute atomic E-state index is 0.0323. The fourth-order valence-electron chi connectivity index (χ4n) is 3.15. The Kier molecular flexibility index (Phi) is 4.31. The summed E-state index contributed by atoms with van der Waals surface area (Å²) in [6.07, 6.45) is -4.50. The van der Waals surface area contributed by atoms with Crippen LogP contribution in [0.2, 0.25) is 0 Å². The number of primary amides is 1. The number of halogens is 3. The number of amides is 1. The first-order valence-electron chi connectivity index (χ1n) is 7.81. The number of nitrogens with two attached hydrogens (primary N) is 1. The van der Waals surface area contributed by atoms with Gasteiger partial charge in [-0.15, -0.1) is 0 Å². The van der Waals surface area contributed by atoms with Crippen LogP contribution in [0.25, 0.3) is 22.4 Å². The Labute approximate surface area is 148 Å². The second-order valence-corrected chi connectivity index (χ2v) is 5.89. The Morgan fingerprint density at radius 2 is 1.54 bits per heavy atom. The van der Waals surface area contributed by atoms with Gasteiger partial charge >= 0.3 is 6.18 Å². The highest BCUT2D eigenvalue weighted by atomic mass is 19.4. The molecule has 2 N–H and O–H groups in total. The molecule has 0 aliphatic heterocycles. The Balaban J connectivity index is 2.34. The molecule has 3 rings (SSSR count). The zero-order chi connectivity index (χ0) is 19.1. The fourth-order valence-corrected chi connectivity index (χ4v) is 3.15. The SMILES string of the molecule is Cc1nn(C)c(-c2ccccc2-c2ccccc2C(F)(F)F)c1C(N)=O. The van der Waals surface area contributed by atoms with Crippen LogP contribution in [-0.4, -0.2) is 15.7 Å². The van der Waals surface area contributed by atoms with Crippen molar-refractivity contribution in [3.63, 3.8) is 0 Å². The van der Waals surface area contributed by atoms with Crippen molar-refractivity contribution in [1.82, 2.24) is 9.78 Å². The summed E-state index contributed by atoms with van der Waals surface area (Å²) in [5, 5.41) is 4.21. The van der Waals surface area contributed by atoms with Crippen LogP contribution in [-0.2, 0) is 13.2 Å². The normalized spacial score (nSPS) is 11.6. The van der Waals surface area contributed by atoms with Crippen LogP contribution in [0, 0.1) is 6.92 Å². The van der Waals surface area contributed by atoms with Gasteiger partial charge in [-0.25, -0.2) is 0 Å². The molecule has 0 unspecified atom stereocenters. The van der Waals surface area contributed by atoms with Crippen LogP contribution in [0.15, 0.2) is 48.5 Å². The monoisotopic (exact) mass is 359 g/mol. The van der Waals surface area contributed by atoms with E-state index in [1.807, 2.05) is 0 Å². The van der Waals surface area contributed by atoms with Gasteiger partial charge in [0.05, 0.1) is 22.5 Å². The predicted molar refractivity (Wildman–Crippen MR) is 92.3 cm³/mol. The van der Waals surface area contributed by atoms with Gasteiger partial charge in [-0.2, -0.15) is 18.3 Å². The Morgan fingerprint density at radius 1 is 1.00 bits per heavy atom. The lowest BCUT2D eigenvalue weighted by atomic mass is 9.92. The number of hydrogen-bond acceptors (Lipinski definition) is 2. The van der Waals surface area contributed by atoms with E-state index in [-0.39, 0.29) is 11.1 Å². The van der Waals surface area contributed by atoms with E-state index in [0.717, 1.165) is 6.07 Å². The van der Waals surface area contributed by atoms with Crippen molar-refractivity contribution in [2.24, 2.45) is 12.8 Å². The summed E-state index contributed by atoms with van der Waals surface area (Å²) in [6, 6.07) is 11.9. The molecule has 134 valence electrons. The molecule has 0 spiro atoms. The van der Waals surface area contributed by atoms with E-state index in [2.05, 4.69) is 5.10 Å². The van der Waals surface area contributed by atoms with Gasteiger partial charge in [0.2, 0.25) is 0 Å². The molecule has 0 fully saturated rings. The minimum atomic E-state index is -4.50. The average Bonchev–Trinajstić information content (AvgIpc) is 2.88. The molecule has 1 aromatic heterocycles. The van der Waals surface area contributed by atoms with Gasteiger partial charge in [0.15, 0.2) is 0 Å². The van der Waals surface area contributed by atoms with E-state index in [0.29, 0.717) is 22.5 Å². The first kappa shape index (κ1) is 17.7. The molecular weight excluding hydrogens is 343 g/mol. The summed E-state index contributed by atoms with van der Waals surface area (Å²) in [5.41, 5.74) is 6.60. The van der Waals surface area contributed by atoms with Gasteiger partial charge in [-0.3, -0.25) is 9.48 Å². The van der Waals surface area contributed by atoms with Gasteiger partial charge in [0.25, 0.3) is 5.91 Å². The Bertz CT molecular complexity index is 990. The smallest absolute Gasteiger partial charge is 0.365 e. The van der Waals surface area contributed by atoms with Gasteiger partial charge in [0, 0.05) is 12.6 Å². The van der Waals surface area contributed by atoms with Crippen molar-refractivity contribution in [1.29, 1.82) is 0 Å². The number of alkyl halides is 3. The molecule has 7 heteroatoms. The molecule has 1 heterocycles. The van der Waals surface area contributed by atoms with E-state index in [1.165, 1.54) is 16.8 Å². The molecule has 0 aliphatic rings. The maximum Gasteiger partial charge on any atom is 0.417 e. The molecule has 0 saturated heterocycles. The van der Waals surface area contributed by atoms with Crippen LogP contribution in [0.4, 0.5) is 13.2 Å². The Hall–Kier alpha value is -3.09. The second kappa shape index (κ2) is 6.33. The number of nitrogens with zero attached hydrogens (tertiary/aromatic N) is 2.